The molecule has 1 amide bonds. The van der Waals surface area contributed by atoms with Crippen LogP contribution in [0.1, 0.15) is 29.5 Å². The van der Waals surface area contributed by atoms with Crippen LogP contribution in [0, 0.1) is 12.7 Å². The third-order valence-corrected chi connectivity index (χ3v) is 3.42. The number of rotatable bonds is 6. The molecule has 22 heavy (non-hydrogen) atoms. The van der Waals surface area contributed by atoms with Gasteiger partial charge in [0.1, 0.15) is 11.8 Å². The number of benzene rings is 1. The van der Waals surface area contributed by atoms with Gasteiger partial charge in [0.05, 0.1) is 6.54 Å². The average molecular weight is 305 g/mol. The molecule has 0 aliphatic rings. The lowest BCUT2D eigenvalue weighted by atomic mass is 10.2. The van der Waals surface area contributed by atoms with Crippen LogP contribution in [-0.2, 0) is 7.05 Å². The SMILES string of the molecule is CC[C@@H](CNC(=O)c1cc(C)n(C)n1)Oc1ccccc1F. The molecule has 0 spiro atoms. The van der Waals surface area contributed by atoms with Gasteiger partial charge in [-0.15, -0.1) is 0 Å². The Hall–Kier alpha value is -2.37. The second-order valence-electron chi connectivity index (χ2n) is 5.08. The van der Waals surface area contributed by atoms with Crippen molar-refractivity contribution >= 4 is 5.91 Å². The predicted molar refractivity (Wildman–Crippen MR) is 81.4 cm³/mol. The molecule has 0 saturated heterocycles. The molecule has 1 atom stereocenters. The molecular formula is C16H20FN3O2. The molecule has 6 heteroatoms. The Kier molecular flexibility index (Phi) is 5.14. The highest BCUT2D eigenvalue weighted by Crippen LogP contribution is 2.17. The first-order chi connectivity index (χ1) is 10.5. The third-order valence-electron chi connectivity index (χ3n) is 3.42. The minimum atomic E-state index is -0.410. The molecule has 1 heterocycles. The van der Waals surface area contributed by atoms with Crippen LogP contribution in [0.3, 0.4) is 0 Å². The van der Waals surface area contributed by atoms with Gasteiger partial charge in [0.15, 0.2) is 11.6 Å². The number of nitrogens with one attached hydrogen (secondary N) is 1. The summed E-state index contributed by atoms with van der Waals surface area (Å²) in [6, 6.07) is 7.95. The van der Waals surface area contributed by atoms with Gasteiger partial charge in [-0.2, -0.15) is 5.10 Å². The summed E-state index contributed by atoms with van der Waals surface area (Å²) in [7, 11) is 1.78. The van der Waals surface area contributed by atoms with E-state index in [0.717, 1.165) is 5.69 Å². The minimum Gasteiger partial charge on any atom is -0.486 e. The summed E-state index contributed by atoms with van der Waals surface area (Å²) in [6.07, 6.45) is 0.348. The van der Waals surface area contributed by atoms with Crippen LogP contribution >= 0.6 is 0 Å². The van der Waals surface area contributed by atoms with Crippen LogP contribution < -0.4 is 10.1 Å². The van der Waals surface area contributed by atoms with E-state index >= 15 is 0 Å². The number of nitrogens with zero attached hydrogens (tertiary/aromatic N) is 2. The monoisotopic (exact) mass is 305 g/mol. The first-order valence-electron chi connectivity index (χ1n) is 7.21. The maximum absolute atomic E-state index is 13.6. The fraction of sp³-hybridized carbons (Fsp3) is 0.375. The molecule has 1 aromatic heterocycles. The predicted octanol–water partition coefficient (Wildman–Crippen LogP) is 2.46. The topological polar surface area (TPSA) is 56.2 Å². The van der Waals surface area contributed by atoms with E-state index in [4.69, 9.17) is 4.74 Å². The Bertz CT molecular complexity index is 635. The van der Waals surface area contributed by atoms with Crippen molar-refractivity contribution in [2.24, 2.45) is 7.05 Å². The standard InChI is InChI=1S/C16H20FN3O2/c1-4-12(22-15-8-6-5-7-13(15)17)10-18-16(21)14-9-11(2)20(3)19-14/h5-9,12H,4,10H2,1-3H3,(H,18,21)/t12-/m0/s1. The van der Waals surface area contributed by atoms with E-state index in [2.05, 4.69) is 10.4 Å². The Morgan fingerprint density at radius 2 is 2.18 bits per heavy atom. The number of aryl methyl sites for hydroxylation is 2. The quantitative estimate of drug-likeness (QED) is 0.892. The van der Waals surface area contributed by atoms with Crippen molar-refractivity contribution in [1.82, 2.24) is 15.1 Å². The number of ether oxygens (including phenoxy) is 1. The fourth-order valence-electron chi connectivity index (χ4n) is 1.96. The van der Waals surface area contributed by atoms with Crippen molar-refractivity contribution in [2.45, 2.75) is 26.4 Å². The second-order valence-corrected chi connectivity index (χ2v) is 5.08. The Balaban J connectivity index is 1.93. The van der Waals surface area contributed by atoms with Crippen molar-refractivity contribution in [3.63, 3.8) is 0 Å². The molecule has 0 saturated carbocycles. The molecule has 118 valence electrons. The summed E-state index contributed by atoms with van der Waals surface area (Å²) < 4.78 is 20.8. The van der Waals surface area contributed by atoms with E-state index in [0.29, 0.717) is 18.7 Å². The highest BCUT2D eigenvalue weighted by Gasteiger charge is 2.15. The largest absolute Gasteiger partial charge is 0.486 e. The minimum absolute atomic E-state index is 0.192. The van der Waals surface area contributed by atoms with Crippen LogP contribution in [0.2, 0.25) is 0 Å². The second kappa shape index (κ2) is 7.06. The van der Waals surface area contributed by atoms with E-state index in [1.807, 2.05) is 13.8 Å². The molecule has 2 rings (SSSR count). The Morgan fingerprint density at radius 3 is 2.77 bits per heavy atom. The molecule has 5 nitrogen and oxygen atoms in total. The van der Waals surface area contributed by atoms with Crippen LogP contribution in [0.15, 0.2) is 30.3 Å². The number of amides is 1. The van der Waals surface area contributed by atoms with Gasteiger partial charge in [-0.3, -0.25) is 9.48 Å². The lowest BCUT2D eigenvalue weighted by Crippen LogP contribution is -2.35. The van der Waals surface area contributed by atoms with Crippen LogP contribution in [0.5, 0.6) is 5.75 Å². The van der Waals surface area contributed by atoms with Crippen molar-refractivity contribution in [1.29, 1.82) is 0 Å². The van der Waals surface area contributed by atoms with Gasteiger partial charge in [0, 0.05) is 12.7 Å². The first kappa shape index (κ1) is 16.0. The smallest absolute Gasteiger partial charge is 0.271 e. The molecule has 0 aliphatic heterocycles. The first-order valence-corrected chi connectivity index (χ1v) is 7.21. The lowest BCUT2D eigenvalue weighted by Gasteiger charge is -2.18. The van der Waals surface area contributed by atoms with E-state index in [-0.39, 0.29) is 17.8 Å². The van der Waals surface area contributed by atoms with Crippen LogP contribution in [-0.4, -0.2) is 28.3 Å². The summed E-state index contributed by atoms with van der Waals surface area (Å²) in [4.78, 5) is 12.0. The maximum Gasteiger partial charge on any atom is 0.271 e. The van der Waals surface area contributed by atoms with Gasteiger partial charge in [-0.05, 0) is 31.5 Å². The molecule has 0 fully saturated rings. The van der Waals surface area contributed by atoms with Crippen molar-refractivity contribution < 1.29 is 13.9 Å². The van der Waals surface area contributed by atoms with E-state index < -0.39 is 5.82 Å². The number of hydrogen-bond donors (Lipinski definition) is 1. The molecule has 2 aromatic rings. The van der Waals surface area contributed by atoms with E-state index in [1.54, 1.807) is 36.0 Å². The lowest BCUT2D eigenvalue weighted by molar-refractivity contribution is 0.0919. The summed E-state index contributed by atoms with van der Waals surface area (Å²) in [5, 5.41) is 6.88. The van der Waals surface area contributed by atoms with Gasteiger partial charge < -0.3 is 10.1 Å². The molecule has 0 bridgehead atoms. The summed E-state index contributed by atoms with van der Waals surface area (Å²) in [6.45, 7) is 4.09. The number of aromatic nitrogens is 2. The molecular weight excluding hydrogens is 285 g/mol. The van der Waals surface area contributed by atoms with Crippen molar-refractivity contribution in [3.8, 4) is 5.75 Å². The number of halogens is 1. The third kappa shape index (κ3) is 3.84. The fourth-order valence-corrected chi connectivity index (χ4v) is 1.96. The molecule has 0 radical (unpaired) electrons. The van der Waals surface area contributed by atoms with E-state index in [9.17, 15) is 9.18 Å². The zero-order chi connectivity index (χ0) is 16.1. The van der Waals surface area contributed by atoms with Gasteiger partial charge in [-0.25, -0.2) is 4.39 Å². The molecule has 1 N–H and O–H groups in total. The molecule has 0 unspecified atom stereocenters. The van der Waals surface area contributed by atoms with Crippen molar-refractivity contribution in [2.75, 3.05) is 6.54 Å². The zero-order valence-electron chi connectivity index (χ0n) is 13.0. The average Bonchev–Trinajstić information content (AvgIpc) is 2.84. The molecule has 0 aliphatic carbocycles. The number of hydrogen-bond acceptors (Lipinski definition) is 3. The van der Waals surface area contributed by atoms with Crippen LogP contribution in [0.4, 0.5) is 4.39 Å². The van der Waals surface area contributed by atoms with Gasteiger partial charge >= 0.3 is 0 Å². The summed E-state index contributed by atoms with van der Waals surface area (Å²) in [5.74, 6) is -0.482. The number of carbonyl (C=O) groups is 1. The van der Waals surface area contributed by atoms with Gasteiger partial charge in [-0.1, -0.05) is 19.1 Å². The Labute approximate surface area is 129 Å². The van der Waals surface area contributed by atoms with E-state index in [1.165, 1.54) is 6.07 Å². The Morgan fingerprint density at radius 1 is 1.45 bits per heavy atom. The highest BCUT2D eigenvalue weighted by atomic mass is 19.1. The van der Waals surface area contributed by atoms with Gasteiger partial charge in [0.25, 0.3) is 5.91 Å². The molecule has 1 aromatic carbocycles. The number of carbonyl (C=O) groups excluding carboxylic acids is 1. The maximum atomic E-state index is 13.6. The summed E-state index contributed by atoms with van der Waals surface area (Å²) >= 11 is 0. The number of para-hydroxylation sites is 1. The normalized spacial score (nSPS) is 12.0. The van der Waals surface area contributed by atoms with Crippen LogP contribution in [0.25, 0.3) is 0 Å². The van der Waals surface area contributed by atoms with Crippen molar-refractivity contribution in [3.05, 3.63) is 47.5 Å². The van der Waals surface area contributed by atoms with Gasteiger partial charge in [0.2, 0.25) is 0 Å². The summed E-state index contributed by atoms with van der Waals surface area (Å²) in [5.41, 5.74) is 1.26. The zero-order valence-corrected chi connectivity index (χ0v) is 13.0. The highest BCUT2D eigenvalue weighted by molar-refractivity contribution is 5.92.